The zero-order valence-corrected chi connectivity index (χ0v) is 9.87. The van der Waals surface area contributed by atoms with E-state index in [2.05, 4.69) is 15.3 Å². The van der Waals surface area contributed by atoms with Gasteiger partial charge >= 0.3 is 5.97 Å². The van der Waals surface area contributed by atoms with Crippen molar-refractivity contribution in [3.63, 3.8) is 0 Å². The molecule has 1 atom stereocenters. The lowest BCUT2D eigenvalue weighted by atomic mass is 10.1. The van der Waals surface area contributed by atoms with Crippen molar-refractivity contribution < 1.29 is 9.90 Å². The highest BCUT2D eigenvalue weighted by molar-refractivity contribution is 5.85. The number of nitrogens with one attached hydrogen (secondary N) is 1. The molecular weight excluding hydrogens is 230 g/mol. The number of hydrogen-bond acceptors (Lipinski definition) is 4. The van der Waals surface area contributed by atoms with Gasteiger partial charge in [-0.1, -0.05) is 30.3 Å². The Bertz CT molecular complexity index is 543. The maximum atomic E-state index is 10.8. The van der Waals surface area contributed by atoms with Gasteiger partial charge in [-0.15, -0.1) is 0 Å². The summed E-state index contributed by atoms with van der Waals surface area (Å²) >= 11 is 0. The minimum Gasteiger partial charge on any atom is -0.477 e. The number of aromatic nitrogens is 2. The highest BCUT2D eigenvalue weighted by Gasteiger charge is 2.09. The van der Waals surface area contributed by atoms with Gasteiger partial charge in [-0.25, -0.2) is 14.8 Å². The molecule has 1 heterocycles. The van der Waals surface area contributed by atoms with Crippen LogP contribution in [0.1, 0.15) is 29.0 Å². The van der Waals surface area contributed by atoms with Crippen molar-refractivity contribution in [2.24, 2.45) is 0 Å². The van der Waals surface area contributed by atoms with Gasteiger partial charge in [-0.3, -0.25) is 0 Å². The zero-order chi connectivity index (χ0) is 13.0. The van der Waals surface area contributed by atoms with Crippen LogP contribution in [0.4, 0.5) is 5.95 Å². The van der Waals surface area contributed by atoms with Crippen molar-refractivity contribution in [3.05, 3.63) is 53.9 Å². The molecule has 0 saturated heterocycles. The monoisotopic (exact) mass is 243 g/mol. The molecule has 0 fully saturated rings. The SMILES string of the molecule is C[C@H](Nc1nccc(C(=O)O)n1)c1ccccc1. The van der Waals surface area contributed by atoms with E-state index in [4.69, 9.17) is 5.11 Å². The van der Waals surface area contributed by atoms with Crippen LogP contribution in [0.2, 0.25) is 0 Å². The molecule has 0 aliphatic heterocycles. The Balaban J connectivity index is 2.14. The normalized spacial score (nSPS) is 11.8. The van der Waals surface area contributed by atoms with Crippen molar-refractivity contribution >= 4 is 11.9 Å². The summed E-state index contributed by atoms with van der Waals surface area (Å²) in [6.45, 7) is 1.96. The first-order chi connectivity index (χ1) is 8.66. The second-order valence-electron chi connectivity index (χ2n) is 3.85. The summed E-state index contributed by atoms with van der Waals surface area (Å²) in [5.41, 5.74) is 1.06. The van der Waals surface area contributed by atoms with Gasteiger partial charge in [-0.2, -0.15) is 0 Å². The number of carboxylic acids is 1. The predicted molar refractivity (Wildman–Crippen MR) is 67.5 cm³/mol. The van der Waals surface area contributed by atoms with Gasteiger partial charge < -0.3 is 10.4 Å². The lowest BCUT2D eigenvalue weighted by Crippen LogP contribution is -2.11. The van der Waals surface area contributed by atoms with E-state index in [9.17, 15) is 4.79 Å². The van der Waals surface area contributed by atoms with Crippen LogP contribution in [0.5, 0.6) is 0 Å². The van der Waals surface area contributed by atoms with Crippen molar-refractivity contribution in [1.82, 2.24) is 9.97 Å². The zero-order valence-electron chi connectivity index (χ0n) is 9.87. The molecule has 18 heavy (non-hydrogen) atoms. The van der Waals surface area contributed by atoms with Crippen LogP contribution in [-0.4, -0.2) is 21.0 Å². The number of nitrogens with zero attached hydrogens (tertiary/aromatic N) is 2. The third-order valence-corrected chi connectivity index (χ3v) is 2.52. The van der Waals surface area contributed by atoms with Crippen LogP contribution < -0.4 is 5.32 Å². The predicted octanol–water partition coefficient (Wildman–Crippen LogP) is 2.35. The van der Waals surface area contributed by atoms with Crippen molar-refractivity contribution in [2.75, 3.05) is 5.32 Å². The van der Waals surface area contributed by atoms with E-state index in [1.165, 1.54) is 12.3 Å². The molecule has 5 nitrogen and oxygen atoms in total. The summed E-state index contributed by atoms with van der Waals surface area (Å²) < 4.78 is 0. The van der Waals surface area contributed by atoms with Gasteiger partial charge in [0.1, 0.15) is 0 Å². The molecule has 0 aliphatic rings. The molecule has 0 radical (unpaired) electrons. The fourth-order valence-electron chi connectivity index (χ4n) is 1.57. The highest BCUT2D eigenvalue weighted by atomic mass is 16.4. The van der Waals surface area contributed by atoms with Crippen molar-refractivity contribution in [1.29, 1.82) is 0 Å². The minimum atomic E-state index is -1.06. The first kappa shape index (κ1) is 12.0. The minimum absolute atomic E-state index is 0.00949. The van der Waals surface area contributed by atoms with E-state index < -0.39 is 5.97 Å². The lowest BCUT2D eigenvalue weighted by molar-refractivity contribution is 0.0690. The number of carboxylic acid groups (broad SMARTS) is 1. The van der Waals surface area contributed by atoms with E-state index in [0.717, 1.165) is 5.56 Å². The van der Waals surface area contributed by atoms with E-state index >= 15 is 0 Å². The van der Waals surface area contributed by atoms with Gasteiger partial charge in [0.05, 0.1) is 6.04 Å². The van der Waals surface area contributed by atoms with Crippen LogP contribution in [-0.2, 0) is 0 Å². The Morgan fingerprint density at radius 3 is 2.67 bits per heavy atom. The summed E-state index contributed by atoms with van der Waals surface area (Å²) in [5, 5.41) is 11.9. The molecule has 0 spiro atoms. The molecule has 2 aromatic rings. The molecule has 92 valence electrons. The largest absolute Gasteiger partial charge is 0.477 e. The second-order valence-corrected chi connectivity index (χ2v) is 3.85. The van der Waals surface area contributed by atoms with Crippen LogP contribution in [0.3, 0.4) is 0 Å². The lowest BCUT2D eigenvalue weighted by Gasteiger charge is -2.13. The molecule has 0 bridgehead atoms. The van der Waals surface area contributed by atoms with Crippen molar-refractivity contribution in [2.45, 2.75) is 13.0 Å². The molecule has 0 unspecified atom stereocenters. The van der Waals surface area contributed by atoms with Crippen LogP contribution in [0.25, 0.3) is 0 Å². The van der Waals surface area contributed by atoms with Crippen LogP contribution >= 0.6 is 0 Å². The quantitative estimate of drug-likeness (QED) is 0.862. The Hall–Kier alpha value is -2.43. The third-order valence-electron chi connectivity index (χ3n) is 2.52. The molecule has 5 heteroatoms. The van der Waals surface area contributed by atoms with Gasteiger partial charge in [-0.05, 0) is 18.6 Å². The Morgan fingerprint density at radius 2 is 2.00 bits per heavy atom. The number of carbonyl (C=O) groups is 1. The molecule has 0 amide bonds. The summed E-state index contributed by atoms with van der Waals surface area (Å²) in [6, 6.07) is 11.2. The molecule has 2 N–H and O–H groups in total. The molecule has 0 saturated carbocycles. The van der Waals surface area contributed by atoms with Crippen LogP contribution in [0.15, 0.2) is 42.6 Å². The number of anilines is 1. The Kier molecular flexibility index (Phi) is 3.52. The smallest absolute Gasteiger partial charge is 0.354 e. The number of rotatable bonds is 4. The molecular formula is C13H13N3O2. The first-order valence-corrected chi connectivity index (χ1v) is 5.54. The fourth-order valence-corrected chi connectivity index (χ4v) is 1.57. The van der Waals surface area contributed by atoms with Gasteiger partial charge in [0, 0.05) is 6.20 Å². The number of aromatic carboxylic acids is 1. The van der Waals surface area contributed by atoms with E-state index in [1.54, 1.807) is 0 Å². The summed E-state index contributed by atoms with van der Waals surface area (Å²) in [4.78, 5) is 18.7. The molecule has 1 aromatic heterocycles. The summed E-state index contributed by atoms with van der Waals surface area (Å²) in [7, 11) is 0. The first-order valence-electron chi connectivity index (χ1n) is 5.54. The molecule has 0 aliphatic carbocycles. The van der Waals surface area contributed by atoms with E-state index in [1.807, 2.05) is 37.3 Å². The Morgan fingerprint density at radius 1 is 1.28 bits per heavy atom. The van der Waals surface area contributed by atoms with Gasteiger partial charge in [0.2, 0.25) is 5.95 Å². The Labute approximate surface area is 105 Å². The topological polar surface area (TPSA) is 75.1 Å². The average Bonchev–Trinajstić information content (AvgIpc) is 2.40. The number of benzene rings is 1. The summed E-state index contributed by atoms with van der Waals surface area (Å²) in [6.07, 6.45) is 1.43. The molecule has 2 rings (SSSR count). The maximum absolute atomic E-state index is 10.8. The van der Waals surface area contributed by atoms with Gasteiger partial charge in [0.15, 0.2) is 5.69 Å². The maximum Gasteiger partial charge on any atom is 0.354 e. The van der Waals surface area contributed by atoms with E-state index in [-0.39, 0.29) is 11.7 Å². The third kappa shape index (κ3) is 2.82. The van der Waals surface area contributed by atoms with Crippen LogP contribution in [0, 0.1) is 0 Å². The molecule has 1 aromatic carbocycles. The average molecular weight is 243 g/mol. The van der Waals surface area contributed by atoms with Gasteiger partial charge in [0.25, 0.3) is 0 Å². The number of hydrogen-bond donors (Lipinski definition) is 2. The highest BCUT2D eigenvalue weighted by Crippen LogP contribution is 2.15. The second kappa shape index (κ2) is 5.27. The van der Waals surface area contributed by atoms with Crippen molar-refractivity contribution in [3.8, 4) is 0 Å². The standard InChI is InChI=1S/C13H13N3O2/c1-9(10-5-3-2-4-6-10)15-13-14-8-7-11(16-13)12(17)18/h2-9H,1H3,(H,17,18)(H,14,15,16)/t9-/m0/s1. The summed E-state index contributed by atoms with van der Waals surface area (Å²) in [5.74, 6) is -0.751. The fraction of sp³-hybridized carbons (Fsp3) is 0.154. The van der Waals surface area contributed by atoms with E-state index in [0.29, 0.717) is 5.95 Å².